The number of para-hydroxylation sites is 1. The summed E-state index contributed by atoms with van der Waals surface area (Å²) < 4.78 is 5.37. The summed E-state index contributed by atoms with van der Waals surface area (Å²) in [6, 6.07) is 16.0. The first-order valence-electron chi connectivity index (χ1n) is 7.32. The Labute approximate surface area is 130 Å². The molecule has 0 aliphatic carbocycles. The van der Waals surface area contributed by atoms with E-state index in [1.165, 1.54) is 0 Å². The lowest BCUT2D eigenvalue weighted by Crippen LogP contribution is -2.22. The highest BCUT2D eigenvalue weighted by molar-refractivity contribution is 5.87. The maximum absolute atomic E-state index is 6.19. The predicted molar refractivity (Wildman–Crippen MR) is 91.3 cm³/mol. The summed E-state index contributed by atoms with van der Waals surface area (Å²) in [4.78, 5) is 4.66. The molecule has 3 heteroatoms. The molecule has 0 atom stereocenters. The molecule has 0 aliphatic rings. The number of hydrogen-bond acceptors (Lipinski definition) is 3. The lowest BCUT2D eigenvalue weighted by molar-refractivity contribution is 0.415. The quantitative estimate of drug-likeness (QED) is 0.738. The standard InChI is InChI=1S/C19H20N2O/c1-19(2,16-6-4-5-7-17(16)20)18-15-12-14(22-3)9-8-13(15)10-11-21-18/h4-12H,20H2,1-3H3. The first kappa shape index (κ1) is 14.4. The van der Waals surface area contributed by atoms with E-state index in [-0.39, 0.29) is 5.41 Å². The number of methoxy groups -OCH3 is 1. The number of anilines is 1. The Hall–Kier alpha value is -2.55. The van der Waals surface area contributed by atoms with Gasteiger partial charge in [-0.05, 0) is 35.2 Å². The number of hydrogen-bond donors (Lipinski definition) is 1. The zero-order valence-electron chi connectivity index (χ0n) is 13.1. The van der Waals surface area contributed by atoms with Crippen LogP contribution in [0.5, 0.6) is 5.75 Å². The van der Waals surface area contributed by atoms with Gasteiger partial charge in [-0.1, -0.05) is 38.1 Å². The molecule has 2 N–H and O–H groups in total. The smallest absolute Gasteiger partial charge is 0.119 e. The Bertz CT molecular complexity index is 825. The van der Waals surface area contributed by atoms with Crippen LogP contribution in [0.1, 0.15) is 25.1 Å². The number of nitrogens with two attached hydrogens (primary N) is 1. The number of rotatable bonds is 3. The average Bonchev–Trinajstić information content (AvgIpc) is 2.54. The topological polar surface area (TPSA) is 48.1 Å². The van der Waals surface area contributed by atoms with E-state index < -0.39 is 0 Å². The van der Waals surface area contributed by atoms with Gasteiger partial charge in [0.15, 0.2) is 0 Å². The van der Waals surface area contributed by atoms with Gasteiger partial charge >= 0.3 is 0 Å². The molecule has 22 heavy (non-hydrogen) atoms. The molecule has 0 amide bonds. The first-order valence-corrected chi connectivity index (χ1v) is 7.32. The van der Waals surface area contributed by atoms with Gasteiger partial charge in [-0.2, -0.15) is 0 Å². The van der Waals surface area contributed by atoms with Gasteiger partial charge in [0, 0.05) is 22.7 Å². The minimum Gasteiger partial charge on any atom is -0.497 e. The van der Waals surface area contributed by atoms with Crippen LogP contribution in [0.2, 0.25) is 0 Å². The van der Waals surface area contributed by atoms with Crippen molar-refractivity contribution in [1.29, 1.82) is 0 Å². The van der Waals surface area contributed by atoms with E-state index in [4.69, 9.17) is 10.5 Å². The molecule has 0 aliphatic heterocycles. The fourth-order valence-corrected chi connectivity index (χ4v) is 2.97. The Morgan fingerprint density at radius 1 is 1.05 bits per heavy atom. The lowest BCUT2D eigenvalue weighted by Gasteiger charge is -2.27. The van der Waals surface area contributed by atoms with Crippen molar-refractivity contribution < 1.29 is 4.74 Å². The third-order valence-corrected chi connectivity index (χ3v) is 4.20. The van der Waals surface area contributed by atoms with Crippen LogP contribution < -0.4 is 10.5 Å². The molecule has 0 spiro atoms. The summed E-state index contributed by atoms with van der Waals surface area (Å²) in [6.45, 7) is 4.31. The Morgan fingerprint density at radius 3 is 2.55 bits per heavy atom. The third-order valence-electron chi connectivity index (χ3n) is 4.20. The number of nitrogen functional groups attached to an aromatic ring is 1. The molecule has 0 fully saturated rings. The van der Waals surface area contributed by atoms with Crippen molar-refractivity contribution in [3.05, 3.63) is 66.0 Å². The van der Waals surface area contributed by atoms with E-state index in [1.807, 2.05) is 42.6 Å². The van der Waals surface area contributed by atoms with Crippen molar-refractivity contribution in [3.63, 3.8) is 0 Å². The molecule has 0 bridgehead atoms. The maximum atomic E-state index is 6.19. The van der Waals surface area contributed by atoms with Crippen LogP contribution in [0, 0.1) is 0 Å². The van der Waals surface area contributed by atoms with Crippen molar-refractivity contribution in [2.75, 3.05) is 12.8 Å². The number of nitrogens with zero attached hydrogens (tertiary/aromatic N) is 1. The predicted octanol–water partition coefficient (Wildman–Crippen LogP) is 4.15. The Morgan fingerprint density at radius 2 is 1.82 bits per heavy atom. The van der Waals surface area contributed by atoms with Crippen molar-refractivity contribution in [1.82, 2.24) is 4.98 Å². The number of ether oxygens (including phenoxy) is 1. The minimum absolute atomic E-state index is 0.294. The van der Waals surface area contributed by atoms with Crippen LogP contribution in [0.3, 0.4) is 0 Å². The van der Waals surface area contributed by atoms with E-state index in [0.29, 0.717) is 0 Å². The second kappa shape index (κ2) is 5.34. The lowest BCUT2D eigenvalue weighted by atomic mass is 9.78. The van der Waals surface area contributed by atoms with Crippen LogP contribution >= 0.6 is 0 Å². The Balaban J connectivity index is 2.26. The van der Waals surface area contributed by atoms with Crippen molar-refractivity contribution in [2.24, 2.45) is 0 Å². The first-order chi connectivity index (χ1) is 10.5. The normalized spacial score (nSPS) is 11.6. The van der Waals surface area contributed by atoms with Crippen molar-refractivity contribution in [3.8, 4) is 5.75 Å². The molecule has 0 saturated heterocycles. The van der Waals surface area contributed by atoms with E-state index in [9.17, 15) is 0 Å². The van der Waals surface area contributed by atoms with Crippen molar-refractivity contribution >= 4 is 16.5 Å². The van der Waals surface area contributed by atoms with E-state index in [2.05, 4.69) is 31.0 Å². The van der Waals surface area contributed by atoms with E-state index in [1.54, 1.807) is 7.11 Å². The molecule has 1 heterocycles. The van der Waals surface area contributed by atoms with Gasteiger partial charge < -0.3 is 10.5 Å². The number of fused-ring (bicyclic) bond motifs is 1. The second-order valence-electron chi connectivity index (χ2n) is 5.96. The minimum atomic E-state index is -0.294. The van der Waals surface area contributed by atoms with Crippen LogP contribution in [0.15, 0.2) is 54.7 Å². The molecule has 0 saturated carbocycles. The molecule has 0 radical (unpaired) electrons. The largest absolute Gasteiger partial charge is 0.497 e. The van der Waals surface area contributed by atoms with E-state index in [0.717, 1.165) is 33.5 Å². The summed E-state index contributed by atoms with van der Waals surface area (Å²) in [5.74, 6) is 0.832. The van der Waals surface area contributed by atoms with Crippen LogP contribution in [-0.2, 0) is 5.41 Å². The summed E-state index contributed by atoms with van der Waals surface area (Å²) in [5, 5.41) is 2.24. The van der Waals surface area contributed by atoms with Gasteiger partial charge in [0.2, 0.25) is 0 Å². The SMILES string of the molecule is COc1ccc2ccnc(C(C)(C)c3ccccc3N)c2c1. The Kier molecular flexibility index (Phi) is 3.49. The maximum Gasteiger partial charge on any atom is 0.119 e. The highest BCUT2D eigenvalue weighted by atomic mass is 16.5. The molecule has 3 rings (SSSR count). The van der Waals surface area contributed by atoms with Gasteiger partial charge in [-0.25, -0.2) is 0 Å². The van der Waals surface area contributed by atoms with Gasteiger partial charge in [0.1, 0.15) is 5.75 Å². The molecule has 3 nitrogen and oxygen atoms in total. The summed E-state index contributed by atoms with van der Waals surface area (Å²) in [6.07, 6.45) is 1.85. The zero-order valence-corrected chi connectivity index (χ0v) is 13.1. The van der Waals surface area contributed by atoms with Gasteiger partial charge in [-0.15, -0.1) is 0 Å². The molecular weight excluding hydrogens is 272 g/mol. The summed E-state index contributed by atoms with van der Waals surface area (Å²) in [5.41, 5.74) is 8.77. The van der Waals surface area contributed by atoms with Crippen molar-refractivity contribution in [2.45, 2.75) is 19.3 Å². The van der Waals surface area contributed by atoms with Gasteiger partial charge in [-0.3, -0.25) is 4.98 Å². The second-order valence-corrected chi connectivity index (χ2v) is 5.96. The van der Waals surface area contributed by atoms with Crippen LogP contribution in [0.25, 0.3) is 10.8 Å². The average molecular weight is 292 g/mol. The fraction of sp³-hybridized carbons (Fsp3) is 0.211. The monoisotopic (exact) mass is 292 g/mol. The highest BCUT2D eigenvalue weighted by Gasteiger charge is 2.28. The molecular formula is C19H20N2O. The molecule has 0 unspecified atom stereocenters. The van der Waals surface area contributed by atoms with Crippen LogP contribution in [0.4, 0.5) is 5.69 Å². The molecule has 112 valence electrons. The summed E-state index contributed by atoms with van der Waals surface area (Å²) in [7, 11) is 1.68. The number of pyridine rings is 1. The van der Waals surface area contributed by atoms with E-state index >= 15 is 0 Å². The number of aromatic nitrogens is 1. The fourth-order valence-electron chi connectivity index (χ4n) is 2.97. The third kappa shape index (κ3) is 2.29. The summed E-state index contributed by atoms with van der Waals surface area (Å²) >= 11 is 0. The molecule has 2 aromatic carbocycles. The zero-order chi connectivity index (χ0) is 15.7. The van der Waals surface area contributed by atoms with Gasteiger partial charge in [0.25, 0.3) is 0 Å². The number of benzene rings is 2. The highest BCUT2D eigenvalue weighted by Crippen LogP contribution is 2.37. The van der Waals surface area contributed by atoms with Crippen LogP contribution in [-0.4, -0.2) is 12.1 Å². The molecule has 1 aromatic heterocycles. The molecule has 3 aromatic rings. The van der Waals surface area contributed by atoms with Gasteiger partial charge in [0.05, 0.1) is 12.8 Å².